The molecule has 3 N–H and O–H groups in total. The van der Waals surface area contributed by atoms with Gasteiger partial charge >= 0.3 is 17.8 Å². The first-order valence-corrected chi connectivity index (χ1v) is 11.6. The van der Waals surface area contributed by atoms with Crippen LogP contribution in [-0.4, -0.2) is 60.4 Å². The van der Waals surface area contributed by atoms with Gasteiger partial charge in [-0.15, -0.1) is 0 Å². The van der Waals surface area contributed by atoms with Crippen LogP contribution in [0.25, 0.3) is 0 Å². The first kappa shape index (κ1) is 24.5. The lowest BCUT2D eigenvalue weighted by Crippen LogP contribution is -2.51. The monoisotopic (exact) mass is 457 g/mol. The number of hydrogen-bond donors (Lipinski definition) is 3. The second-order valence-corrected chi connectivity index (χ2v) is 9.92. The van der Waals surface area contributed by atoms with E-state index in [0.29, 0.717) is 38.3 Å². The van der Waals surface area contributed by atoms with Crippen molar-refractivity contribution in [2.24, 2.45) is 5.92 Å². The van der Waals surface area contributed by atoms with Gasteiger partial charge in [0.25, 0.3) is 0 Å². The third-order valence-electron chi connectivity index (χ3n) is 5.97. The number of carbonyl (C=O) groups is 4. The number of benzene rings is 1. The summed E-state index contributed by atoms with van der Waals surface area (Å²) >= 11 is 0. The molecule has 1 aromatic carbocycles. The molecule has 2 aliphatic rings. The van der Waals surface area contributed by atoms with Crippen LogP contribution in [0.5, 0.6) is 0 Å². The highest BCUT2D eigenvalue weighted by atomic mass is 16.2. The van der Waals surface area contributed by atoms with E-state index >= 15 is 0 Å². The molecule has 5 amide bonds. The minimum Gasteiger partial charge on any atom is -0.348 e. The fourth-order valence-electron chi connectivity index (χ4n) is 4.13. The summed E-state index contributed by atoms with van der Waals surface area (Å²) in [5.41, 5.74) is 1.90. The smallest absolute Gasteiger partial charge is 0.317 e. The van der Waals surface area contributed by atoms with E-state index in [2.05, 4.69) is 16.0 Å². The van der Waals surface area contributed by atoms with Gasteiger partial charge in [0.1, 0.15) is 0 Å². The molecule has 0 atom stereocenters. The van der Waals surface area contributed by atoms with E-state index < -0.39 is 11.8 Å². The Bertz CT molecular complexity index is 916. The number of nitrogens with zero attached hydrogens (tertiary/aromatic N) is 2. The van der Waals surface area contributed by atoms with Crippen LogP contribution < -0.4 is 20.9 Å². The predicted octanol–water partition coefficient (Wildman–Crippen LogP) is 2.40. The van der Waals surface area contributed by atoms with Crippen molar-refractivity contribution >= 4 is 35.1 Å². The normalized spacial score (nSPS) is 17.2. The van der Waals surface area contributed by atoms with Crippen molar-refractivity contribution in [3.63, 3.8) is 0 Å². The summed E-state index contributed by atoms with van der Waals surface area (Å²) < 4.78 is 0. The lowest BCUT2D eigenvalue weighted by atomic mass is 9.97. The second kappa shape index (κ2) is 10.2. The van der Waals surface area contributed by atoms with Crippen molar-refractivity contribution in [3.8, 4) is 0 Å². The van der Waals surface area contributed by atoms with Crippen LogP contribution in [0.1, 0.15) is 52.0 Å². The van der Waals surface area contributed by atoms with Gasteiger partial charge < -0.3 is 25.8 Å². The molecule has 180 valence electrons. The third kappa shape index (κ3) is 6.69. The number of amides is 5. The maximum Gasteiger partial charge on any atom is 0.317 e. The number of rotatable bonds is 4. The quantitative estimate of drug-likeness (QED) is 0.603. The van der Waals surface area contributed by atoms with E-state index in [1.54, 1.807) is 21.9 Å². The van der Waals surface area contributed by atoms with E-state index in [1.807, 2.05) is 33.8 Å². The molecule has 2 aliphatic heterocycles. The SMILES string of the molecule is Cc1ccc(NC(=O)C(=O)NCC2CCN(C(=O)NC(C)(C)C)CC2)cc1N1CCCC1=O. The van der Waals surface area contributed by atoms with Crippen LogP contribution in [0.2, 0.25) is 0 Å². The standard InChI is InChI=1S/C24H35N5O4/c1-16-7-8-18(14-19(16)29-11-5-6-20(29)30)26-22(32)21(31)25-15-17-9-12-28(13-10-17)23(33)27-24(2,3)4/h7-8,14,17H,5-6,9-13,15H2,1-4H3,(H,25,31)(H,26,32)(H,27,33). The molecule has 2 heterocycles. The first-order valence-electron chi connectivity index (χ1n) is 11.6. The van der Waals surface area contributed by atoms with Crippen LogP contribution in [0.15, 0.2) is 18.2 Å². The zero-order valence-electron chi connectivity index (χ0n) is 20.0. The topological polar surface area (TPSA) is 111 Å². The Labute approximate surface area is 195 Å². The Morgan fingerprint density at radius 1 is 1.06 bits per heavy atom. The van der Waals surface area contributed by atoms with Gasteiger partial charge in [0.2, 0.25) is 5.91 Å². The highest BCUT2D eigenvalue weighted by molar-refractivity contribution is 6.39. The molecule has 0 unspecified atom stereocenters. The van der Waals surface area contributed by atoms with Gasteiger partial charge in [0.15, 0.2) is 0 Å². The Balaban J connectivity index is 1.46. The number of piperidine rings is 1. The highest BCUT2D eigenvalue weighted by Crippen LogP contribution is 2.28. The van der Waals surface area contributed by atoms with Gasteiger partial charge in [-0.25, -0.2) is 4.79 Å². The van der Waals surface area contributed by atoms with Crippen LogP contribution in [0, 0.1) is 12.8 Å². The van der Waals surface area contributed by atoms with Crippen molar-refractivity contribution in [1.82, 2.24) is 15.5 Å². The summed E-state index contributed by atoms with van der Waals surface area (Å²) in [5, 5.41) is 8.30. The van der Waals surface area contributed by atoms with Crippen molar-refractivity contribution in [1.29, 1.82) is 0 Å². The van der Waals surface area contributed by atoms with Gasteiger partial charge in [-0.05, 0) is 70.6 Å². The van der Waals surface area contributed by atoms with E-state index in [0.717, 1.165) is 30.5 Å². The molecule has 0 aliphatic carbocycles. The zero-order valence-corrected chi connectivity index (χ0v) is 20.0. The molecule has 9 nitrogen and oxygen atoms in total. The number of aryl methyl sites for hydroxylation is 1. The van der Waals surface area contributed by atoms with Gasteiger partial charge in [-0.2, -0.15) is 0 Å². The summed E-state index contributed by atoms with van der Waals surface area (Å²) in [5.74, 6) is -1.14. The Kier molecular flexibility index (Phi) is 7.61. The lowest BCUT2D eigenvalue weighted by molar-refractivity contribution is -0.136. The Morgan fingerprint density at radius 2 is 1.76 bits per heavy atom. The molecule has 2 saturated heterocycles. The fourth-order valence-corrected chi connectivity index (χ4v) is 4.13. The van der Waals surface area contributed by atoms with Gasteiger partial charge in [-0.3, -0.25) is 14.4 Å². The number of urea groups is 1. The minimum absolute atomic E-state index is 0.0706. The number of likely N-dealkylation sites (tertiary alicyclic amines) is 1. The maximum absolute atomic E-state index is 12.4. The minimum atomic E-state index is -0.737. The second-order valence-electron chi connectivity index (χ2n) is 9.92. The molecule has 9 heteroatoms. The van der Waals surface area contributed by atoms with Gasteiger partial charge in [-0.1, -0.05) is 6.07 Å². The largest absolute Gasteiger partial charge is 0.348 e. The number of hydrogen-bond acceptors (Lipinski definition) is 4. The fraction of sp³-hybridized carbons (Fsp3) is 0.583. The summed E-state index contributed by atoms with van der Waals surface area (Å²) in [6, 6.07) is 5.22. The summed E-state index contributed by atoms with van der Waals surface area (Å²) in [4.78, 5) is 52.5. The van der Waals surface area contributed by atoms with Crippen molar-refractivity contribution < 1.29 is 19.2 Å². The van der Waals surface area contributed by atoms with E-state index in [1.165, 1.54) is 0 Å². The average Bonchev–Trinajstić information content (AvgIpc) is 3.18. The van der Waals surface area contributed by atoms with Crippen LogP contribution in [0.3, 0.4) is 0 Å². The van der Waals surface area contributed by atoms with Gasteiger partial charge in [0, 0.05) is 49.5 Å². The molecule has 0 radical (unpaired) electrons. The molecule has 0 saturated carbocycles. The van der Waals surface area contributed by atoms with Crippen molar-refractivity contribution in [3.05, 3.63) is 23.8 Å². The number of carbonyl (C=O) groups excluding carboxylic acids is 4. The number of nitrogens with one attached hydrogen (secondary N) is 3. The highest BCUT2D eigenvalue weighted by Gasteiger charge is 2.26. The van der Waals surface area contributed by atoms with E-state index in [4.69, 9.17) is 0 Å². The molecule has 1 aromatic rings. The summed E-state index contributed by atoms with van der Waals surface area (Å²) in [7, 11) is 0. The molecule has 0 bridgehead atoms. The molecule has 33 heavy (non-hydrogen) atoms. The summed E-state index contributed by atoms with van der Waals surface area (Å²) in [6.07, 6.45) is 2.88. The van der Waals surface area contributed by atoms with Crippen LogP contribution >= 0.6 is 0 Å². The lowest BCUT2D eigenvalue weighted by Gasteiger charge is -2.34. The number of anilines is 2. The molecule has 3 rings (SSSR count). The average molecular weight is 458 g/mol. The van der Waals surface area contributed by atoms with Crippen LogP contribution in [-0.2, 0) is 14.4 Å². The maximum atomic E-state index is 12.4. The van der Waals surface area contributed by atoms with Crippen molar-refractivity contribution in [2.75, 3.05) is 36.4 Å². The molecular weight excluding hydrogens is 422 g/mol. The third-order valence-corrected chi connectivity index (χ3v) is 5.97. The molecule has 2 fully saturated rings. The Morgan fingerprint density at radius 3 is 2.36 bits per heavy atom. The van der Waals surface area contributed by atoms with E-state index in [-0.39, 0.29) is 23.4 Å². The summed E-state index contributed by atoms with van der Waals surface area (Å²) in [6.45, 7) is 10.0. The van der Waals surface area contributed by atoms with Crippen LogP contribution in [0.4, 0.5) is 16.2 Å². The Hall–Kier alpha value is -3.10. The molecule has 0 aromatic heterocycles. The first-order chi connectivity index (χ1) is 15.5. The molecule has 0 spiro atoms. The van der Waals surface area contributed by atoms with Gasteiger partial charge in [0.05, 0.1) is 0 Å². The predicted molar refractivity (Wildman–Crippen MR) is 127 cm³/mol. The zero-order chi connectivity index (χ0) is 24.2. The molecular formula is C24H35N5O4. The van der Waals surface area contributed by atoms with E-state index in [9.17, 15) is 19.2 Å². The van der Waals surface area contributed by atoms with Crippen molar-refractivity contribution in [2.45, 2.75) is 58.9 Å².